The highest BCUT2D eigenvalue weighted by Gasteiger charge is 2.15. The number of aryl methyl sites for hydroxylation is 1. The minimum absolute atomic E-state index is 0.114. The number of para-hydroxylation sites is 1. The van der Waals surface area contributed by atoms with Crippen molar-refractivity contribution in [2.24, 2.45) is 0 Å². The summed E-state index contributed by atoms with van der Waals surface area (Å²) in [5.41, 5.74) is 3.41. The molecule has 0 aliphatic rings. The minimum Gasteiger partial charge on any atom is -0.369 e. The second-order valence-electron chi connectivity index (χ2n) is 7.00. The molecule has 0 radical (unpaired) electrons. The topological polar surface area (TPSA) is 92.7 Å². The Kier molecular flexibility index (Phi) is 5.67. The van der Waals surface area contributed by atoms with Crippen LogP contribution in [-0.4, -0.2) is 39.4 Å². The lowest BCUT2D eigenvalue weighted by atomic mass is 9.96. The molecule has 0 aliphatic heterocycles. The molecule has 1 aromatic carbocycles. The number of nitrogens with one attached hydrogen (secondary N) is 2. The number of hydrogen-bond acceptors (Lipinski definition) is 7. The Morgan fingerprint density at radius 1 is 1.17 bits per heavy atom. The van der Waals surface area contributed by atoms with Crippen molar-refractivity contribution in [1.29, 1.82) is 0 Å². The molecule has 8 heteroatoms. The van der Waals surface area contributed by atoms with Crippen LogP contribution in [-0.2, 0) is 0 Å². The van der Waals surface area contributed by atoms with Gasteiger partial charge >= 0.3 is 0 Å². The number of fused-ring (bicyclic) bond motifs is 1. The predicted octanol–water partition coefficient (Wildman–Crippen LogP) is 4.03. The van der Waals surface area contributed by atoms with Crippen LogP contribution in [0.15, 0.2) is 49.1 Å². The molecule has 4 rings (SSSR count). The van der Waals surface area contributed by atoms with E-state index in [9.17, 15) is 4.79 Å². The van der Waals surface area contributed by atoms with Gasteiger partial charge in [0.05, 0.1) is 26.7 Å². The van der Waals surface area contributed by atoms with Crippen LogP contribution in [0.1, 0.15) is 33.8 Å². The molecule has 1 atom stereocenters. The SMILES string of the molecule is CNC(=O)c1ccnc2c([C@H](C)CNc3cc(-c4cnc(C)s4)ncn3)cccc12. The maximum Gasteiger partial charge on any atom is 0.251 e. The van der Waals surface area contributed by atoms with Crippen molar-refractivity contribution in [2.75, 3.05) is 18.9 Å². The van der Waals surface area contributed by atoms with Crippen LogP contribution in [0.25, 0.3) is 21.5 Å². The number of hydrogen-bond donors (Lipinski definition) is 2. The Labute approximate surface area is 178 Å². The van der Waals surface area contributed by atoms with E-state index in [1.54, 1.807) is 37.0 Å². The van der Waals surface area contributed by atoms with E-state index < -0.39 is 0 Å². The van der Waals surface area contributed by atoms with Crippen molar-refractivity contribution in [3.8, 4) is 10.6 Å². The quantitative estimate of drug-likeness (QED) is 0.491. The Morgan fingerprint density at radius 2 is 2.03 bits per heavy atom. The van der Waals surface area contributed by atoms with E-state index in [0.29, 0.717) is 12.1 Å². The zero-order valence-electron chi connectivity index (χ0n) is 17.0. The Morgan fingerprint density at radius 3 is 2.80 bits per heavy atom. The smallest absolute Gasteiger partial charge is 0.251 e. The minimum atomic E-state index is -0.114. The van der Waals surface area contributed by atoms with Crippen LogP contribution in [0, 0.1) is 6.92 Å². The first-order valence-corrected chi connectivity index (χ1v) is 10.5. The number of aromatic nitrogens is 4. The molecule has 2 N–H and O–H groups in total. The molecule has 4 aromatic rings. The number of pyridine rings is 1. The predicted molar refractivity (Wildman–Crippen MR) is 120 cm³/mol. The van der Waals surface area contributed by atoms with E-state index in [4.69, 9.17) is 0 Å². The second-order valence-corrected chi connectivity index (χ2v) is 8.23. The molecule has 0 bridgehead atoms. The van der Waals surface area contributed by atoms with Gasteiger partial charge in [0.25, 0.3) is 5.91 Å². The summed E-state index contributed by atoms with van der Waals surface area (Å²) in [6, 6.07) is 9.64. The van der Waals surface area contributed by atoms with Gasteiger partial charge in [-0.15, -0.1) is 11.3 Å². The highest BCUT2D eigenvalue weighted by molar-refractivity contribution is 7.15. The van der Waals surface area contributed by atoms with Crippen molar-refractivity contribution in [3.05, 3.63) is 65.2 Å². The van der Waals surface area contributed by atoms with Crippen molar-refractivity contribution in [2.45, 2.75) is 19.8 Å². The van der Waals surface area contributed by atoms with Gasteiger partial charge in [0.2, 0.25) is 0 Å². The van der Waals surface area contributed by atoms with E-state index in [2.05, 4.69) is 43.6 Å². The fraction of sp³-hybridized carbons (Fsp3) is 0.227. The van der Waals surface area contributed by atoms with Crippen molar-refractivity contribution in [1.82, 2.24) is 25.3 Å². The normalized spacial score (nSPS) is 12.0. The first kappa shape index (κ1) is 19.9. The maximum atomic E-state index is 12.2. The zero-order valence-corrected chi connectivity index (χ0v) is 17.8. The number of amides is 1. The molecular formula is C22H22N6OS. The highest BCUT2D eigenvalue weighted by atomic mass is 32.1. The summed E-state index contributed by atoms with van der Waals surface area (Å²) in [7, 11) is 1.63. The van der Waals surface area contributed by atoms with E-state index in [1.165, 1.54) is 0 Å². The fourth-order valence-corrected chi connectivity index (χ4v) is 4.11. The van der Waals surface area contributed by atoms with Gasteiger partial charge in [0.15, 0.2) is 0 Å². The molecule has 3 aromatic heterocycles. The van der Waals surface area contributed by atoms with Gasteiger partial charge in [0, 0.05) is 43.4 Å². The average Bonchev–Trinajstić information content (AvgIpc) is 3.22. The van der Waals surface area contributed by atoms with Crippen molar-refractivity contribution < 1.29 is 4.79 Å². The number of carbonyl (C=O) groups is 1. The third kappa shape index (κ3) is 3.99. The summed E-state index contributed by atoms with van der Waals surface area (Å²) in [5, 5.41) is 7.95. The first-order valence-electron chi connectivity index (χ1n) is 9.65. The number of benzene rings is 1. The van der Waals surface area contributed by atoms with Crippen molar-refractivity contribution in [3.63, 3.8) is 0 Å². The van der Waals surface area contributed by atoms with Crippen LogP contribution in [0.5, 0.6) is 0 Å². The van der Waals surface area contributed by atoms with Gasteiger partial charge in [-0.1, -0.05) is 25.1 Å². The largest absolute Gasteiger partial charge is 0.369 e. The average molecular weight is 419 g/mol. The third-order valence-electron chi connectivity index (χ3n) is 4.94. The Bertz CT molecular complexity index is 1210. The molecule has 0 saturated heterocycles. The number of rotatable bonds is 6. The Balaban J connectivity index is 1.56. The molecule has 1 amide bonds. The summed E-state index contributed by atoms with van der Waals surface area (Å²) < 4.78 is 0. The summed E-state index contributed by atoms with van der Waals surface area (Å²) in [4.78, 5) is 30.8. The molecule has 0 saturated carbocycles. The lowest BCUT2D eigenvalue weighted by Crippen LogP contribution is -2.18. The molecule has 0 spiro atoms. The standard InChI is InChI=1S/C22H22N6OS/c1-13(10-26-20-9-18(27-12-28-20)19-11-25-14(2)30-19)15-5-4-6-16-17(22(29)23-3)7-8-24-21(15)16/h4-9,11-13H,10H2,1-3H3,(H,23,29)(H,26,27,28)/t13-/m1/s1. The molecule has 30 heavy (non-hydrogen) atoms. The summed E-state index contributed by atoms with van der Waals surface area (Å²) >= 11 is 1.61. The zero-order chi connectivity index (χ0) is 21.1. The van der Waals surface area contributed by atoms with Gasteiger partial charge in [-0.25, -0.2) is 15.0 Å². The van der Waals surface area contributed by atoms with Crippen LogP contribution >= 0.6 is 11.3 Å². The van der Waals surface area contributed by atoms with Crippen LogP contribution < -0.4 is 10.6 Å². The van der Waals surface area contributed by atoms with Gasteiger partial charge < -0.3 is 10.6 Å². The van der Waals surface area contributed by atoms with Gasteiger partial charge in [-0.3, -0.25) is 9.78 Å². The summed E-state index contributed by atoms with van der Waals surface area (Å²) in [6.45, 7) is 4.78. The van der Waals surface area contributed by atoms with E-state index in [0.717, 1.165) is 37.9 Å². The molecular weight excluding hydrogens is 396 g/mol. The monoisotopic (exact) mass is 418 g/mol. The van der Waals surface area contributed by atoms with E-state index in [1.807, 2.05) is 31.3 Å². The number of thiazole rings is 1. The molecule has 3 heterocycles. The van der Waals surface area contributed by atoms with Crippen LogP contribution in [0.3, 0.4) is 0 Å². The van der Waals surface area contributed by atoms with Crippen LogP contribution in [0.4, 0.5) is 5.82 Å². The molecule has 7 nitrogen and oxygen atoms in total. The molecule has 0 fully saturated rings. The van der Waals surface area contributed by atoms with Gasteiger partial charge in [0.1, 0.15) is 12.1 Å². The Hall–Kier alpha value is -3.39. The van der Waals surface area contributed by atoms with E-state index >= 15 is 0 Å². The van der Waals surface area contributed by atoms with E-state index in [-0.39, 0.29) is 11.8 Å². The summed E-state index contributed by atoms with van der Waals surface area (Å²) in [6.07, 6.45) is 5.08. The number of anilines is 1. The second kappa shape index (κ2) is 8.54. The first-order chi connectivity index (χ1) is 14.6. The number of carbonyl (C=O) groups excluding carboxylic acids is 1. The highest BCUT2D eigenvalue weighted by Crippen LogP contribution is 2.28. The third-order valence-corrected chi connectivity index (χ3v) is 5.87. The lowest BCUT2D eigenvalue weighted by molar-refractivity contribution is 0.0964. The van der Waals surface area contributed by atoms with Crippen molar-refractivity contribution >= 4 is 34.0 Å². The van der Waals surface area contributed by atoms with Gasteiger partial charge in [-0.05, 0) is 18.6 Å². The van der Waals surface area contributed by atoms with Crippen LogP contribution in [0.2, 0.25) is 0 Å². The molecule has 0 unspecified atom stereocenters. The summed E-state index contributed by atoms with van der Waals surface area (Å²) in [5.74, 6) is 0.805. The fourth-order valence-electron chi connectivity index (χ4n) is 3.37. The number of nitrogens with zero attached hydrogens (tertiary/aromatic N) is 4. The molecule has 152 valence electrons. The maximum absolute atomic E-state index is 12.2. The molecule has 0 aliphatic carbocycles. The van der Waals surface area contributed by atoms with Gasteiger partial charge in [-0.2, -0.15) is 0 Å². The lowest BCUT2D eigenvalue weighted by Gasteiger charge is -2.16.